The number of nitrogens with one attached hydrogen (secondary N) is 1. The topological polar surface area (TPSA) is 93.5 Å². The van der Waals surface area contributed by atoms with E-state index in [4.69, 9.17) is 19.2 Å². The van der Waals surface area contributed by atoms with Crippen LogP contribution in [0.5, 0.6) is 17.2 Å². The van der Waals surface area contributed by atoms with Crippen LogP contribution in [-0.4, -0.2) is 37.0 Å². The molecule has 3 aromatic carbocycles. The fourth-order valence-electron chi connectivity index (χ4n) is 4.19. The van der Waals surface area contributed by atoms with Gasteiger partial charge in [0, 0.05) is 35.1 Å². The average molecular weight is 538 g/mol. The van der Waals surface area contributed by atoms with E-state index in [9.17, 15) is 10.1 Å². The van der Waals surface area contributed by atoms with Gasteiger partial charge in [-0.1, -0.05) is 29.8 Å². The number of rotatable bonds is 8. The molecule has 0 saturated heterocycles. The van der Waals surface area contributed by atoms with Gasteiger partial charge < -0.3 is 19.5 Å². The largest absolute Gasteiger partial charge is 0.497 e. The minimum atomic E-state index is -0.136. The summed E-state index contributed by atoms with van der Waals surface area (Å²) in [4.78, 5) is 17.5. The maximum Gasteiger partial charge on any atom is 0.225 e. The van der Waals surface area contributed by atoms with Crippen LogP contribution >= 0.6 is 11.8 Å². The molecule has 39 heavy (non-hydrogen) atoms. The average Bonchev–Trinajstić information content (AvgIpc) is 2.97. The Morgan fingerprint density at radius 1 is 1.00 bits per heavy atom. The zero-order chi connectivity index (χ0) is 27.2. The molecule has 0 fully saturated rings. The van der Waals surface area contributed by atoms with Crippen molar-refractivity contribution in [3.8, 4) is 45.7 Å². The molecule has 2 heterocycles. The van der Waals surface area contributed by atoms with Gasteiger partial charge in [-0.05, 0) is 55.0 Å². The fraction of sp³-hybridized carbons (Fsp3) is 0.194. The molecule has 5 rings (SSSR count). The van der Waals surface area contributed by atoms with E-state index in [1.54, 1.807) is 25.3 Å². The zero-order valence-corrected chi connectivity index (χ0v) is 22.5. The van der Waals surface area contributed by atoms with Crippen LogP contribution in [0.4, 0.5) is 5.69 Å². The zero-order valence-electron chi connectivity index (χ0n) is 21.7. The summed E-state index contributed by atoms with van der Waals surface area (Å²) in [5.41, 5.74) is 5.68. The van der Waals surface area contributed by atoms with Gasteiger partial charge in [0.25, 0.3) is 0 Å². The summed E-state index contributed by atoms with van der Waals surface area (Å²) in [5.74, 6) is 2.37. The minimum absolute atomic E-state index is 0.136. The Balaban J connectivity index is 1.37. The van der Waals surface area contributed by atoms with Gasteiger partial charge in [-0.2, -0.15) is 5.26 Å². The molecular formula is C31H27N3O4S. The molecule has 4 aromatic rings. The van der Waals surface area contributed by atoms with E-state index in [1.165, 1.54) is 11.8 Å². The van der Waals surface area contributed by atoms with Crippen LogP contribution in [0.1, 0.15) is 17.5 Å². The van der Waals surface area contributed by atoms with E-state index in [2.05, 4.69) is 11.4 Å². The highest BCUT2D eigenvalue weighted by atomic mass is 32.2. The number of methoxy groups -OCH3 is 1. The first-order valence-corrected chi connectivity index (χ1v) is 13.5. The third-order valence-corrected chi connectivity index (χ3v) is 7.22. The maximum atomic E-state index is 12.7. The number of anilines is 1. The molecular weight excluding hydrogens is 510 g/mol. The van der Waals surface area contributed by atoms with Gasteiger partial charge in [-0.3, -0.25) is 4.79 Å². The minimum Gasteiger partial charge on any atom is -0.497 e. The number of amides is 1. The number of benzene rings is 3. The van der Waals surface area contributed by atoms with E-state index in [0.29, 0.717) is 46.7 Å². The van der Waals surface area contributed by atoms with Gasteiger partial charge in [0.2, 0.25) is 5.91 Å². The van der Waals surface area contributed by atoms with Gasteiger partial charge in [-0.15, -0.1) is 11.8 Å². The molecule has 0 spiro atoms. The molecule has 0 aliphatic carbocycles. The van der Waals surface area contributed by atoms with Gasteiger partial charge in [0.05, 0.1) is 18.4 Å². The van der Waals surface area contributed by atoms with Crippen molar-refractivity contribution in [3.63, 3.8) is 0 Å². The van der Waals surface area contributed by atoms with Crippen molar-refractivity contribution in [3.05, 3.63) is 83.9 Å². The number of carbonyl (C=O) groups is 1. The lowest BCUT2D eigenvalue weighted by Gasteiger charge is -2.19. The number of aryl methyl sites for hydroxylation is 1. The van der Waals surface area contributed by atoms with Crippen LogP contribution in [0, 0.1) is 18.3 Å². The number of aromatic nitrogens is 1. The number of pyridine rings is 1. The third kappa shape index (κ3) is 6.16. The summed E-state index contributed by atoms with van der Waals surface area (Å²) in [6.07, 6.45) is 0.248. The first kappa shape index (κ1) is 26.1. The van der Waals surface area contributed by atoms with Gasteiger partial charge in [0.15, 0.2) is 11.5 Å². The van der Waals surface area contributed by atoms with Crippen LogP contribution in [0.2, 0.25) is 0 Å². The molecule has 1 aliphatic rings. The highest BCUT2D eigenvalue weighted by Crippen LogP contribution is 2.35. The van der Waals surface area contributed by atoms with Crippen LogP contribution in [-0.2, 0) is 4.79 Å². The normalized spacial score (nSPS) is 11.9. The number of ether oxygens (including phenoxy) is 3. The summed E-state index contributed by atoms with van der Waals surface area (Å²) in [6.45, 7) is 3.02. The summed E-state index contributed by atoms with van der Waals surface area (Å²) >= 11 is 1.40. The van der Waals surface area contributed by atoms with E-state index < -0.39 is 0 Å². The van der Waals surface area contributed by atoms with Crippen LogP contribution < -0.4 is 19.5 Å². The highest BCUT2D eigenvalue weighted by molar-refractivity contribution is 7.99. The van der Waals surface area contributed by atoms with Crippen molar-refractivity contribution in [2.75, 3.05) is 31.4 Å². The molecule has 0 unspecified atom stereocenters. The molecule has 0 radical (unpaired) electrons. The fourth-order valence-corrected chi connectivity index (χ4v) is 5.13. The Kier molecular flexibility index (Phi) is 7.99. The Labute approximate surface area is 231 Å². The lowest BCUT2D eigenvalue weighted by molar-refractivity contribution is -0.115. The molecule has 0 atom stereocenters. The lowest BCUT2D eigenvalue weighted by Crippen LogP contribution is -2.16. The molecule has 1 amide bonds. The second-order valence-corrected chi connectivity index (χ2v) is 10.0. The lowest BCUT2D eigenvalue weighted by atomic mass is 9.98. The molecule has 0 saturated carbocycles. The van der Waals surface area contributed by atoms with Crippen molar-refractivity contribution < 1.29 is 19.0 Å². The smallest absolute Gasteiger partial charge is 0.225 e. The predicted octanol–water partition coefficient (Wildman–Crippen LogP) is 6.50. The number of hydrogen-bond acceptors (Lipinski definition) is 7. The Bertz CT molecular complexity index is 1530. The molecule has 196 valence electrons. The number of carbonyl (C=O) groups excluding carboxylic acids is 1. The van der Waals surface area contributed by atoms with Gasteiger partial charge >= 0.3 is 0 Å². The second kappa shape index (κ2) is 11.9. The van der Waals surface area contributed by atoms with Crippen LogP contribution in [0.3, 0.4) is 0 Å². The maximum absolute atomic E-state index is 12.7. The molecule has 1 N–H and O–H groups in total. The molecule has 1 aliphatic heterocycles. The first-order valence-electron chi connectivity index (χ1n) is 12.5. The van der Waals surface area contributed by atoms with E-state index in [0.717, 1.165) is 33.7 Å². The van der Waals surface area contributed by atoms with E-state index in [1.807, 2.05) is 61.5 Å². The Morgan fingerprint density at radius 3 is 2.44 bits per heavy atom. The summed E-state index contributed by atoms with van der Waals surface area (Å²) < 4.78 is 16.4. The van der Waals surface area contributed by atoms with Crippen molar-refractivity contribution in [1.29, 1.82) is 5.26 Å². The van der Waals surface area contributed by atoms with Crippen LogP contribution in [0.15, 0.2) is 77.8 Å². The van der Waals surface area contributed by atoms with Crippen LogP contribution in [0.25, 0.3) is 22.4 Å². The summed E-state index contributed by atoms with van der Waals surface area (Å²) in [5, 5.41) is 13.6. The number of nitrogens with zero attached hydrogens (tertiary/aromatic N) is 2. The van der Waals surface area contributed by atoms with Gasteiger partial charge in [-0.25, -0.2) is 4.98 Å². The number of hydrogen-bond donors (Lipinski definition) is 1. The highest BCUT2D eigenvalue weighted by Gasteiger charge is 2.17. The predicted molar refractivity (Wildman–Crippen MR) is 153 cm³/mol. The molecule has 7 nitrogen and oxygen atoms in total. The number of thioether (sulfide) groups is 1. The van der Waals surface area contributed by atoms with Crippen molar-refractivity contribution in [2.45, 2.75) is 18.4 Å². The van der Waals surface area contributed by atoms with Crippen molar-refractivity contribution in [2.24, 2.45) is 0 Å². The Morgan fingerprint density at radius 2 is 1.72 bits per heavy atom. The summed E-state index contributed by atoms with van der Waals surface area (Å²) in [6, 6.07) is 25.4. The Hall–Kier alpha value is -4.48. The van der Waals surface area contributed by atoms with E-state index >= 15 is 0 Å². The van der Waals surface area contributed by atoms with Crippen molar-refractivity contribution >= 4 is 23.4 Å². The van der Waals surface area contributed by atoms with Gasteiger partial charge in [0.1, 0.15) is 30.1 Å². The monoisotopic (exact) mass is 537 g/mol. The SMILES string of the molecule is COc1ccc(-c2cc(-c3ccc(C)cc3)c(C#N)c(SCCC(=O)Nc3ccc4c(c3)OCCO4)n2)cc1. The quantitative estimate of drug-likeness (QED) is 0.257. The first-order chi connectivity index (χ1) is 19.0. The second-order valence-electron chi connectivity index (χ2n) is 8.95. The number of nitriles is 1. The third-order valence-electron chi connectivity index (χ3n) is 6.24. The standard InChI is InChI=1S/C31H27N3O4S/c1-20-3-5-21(6-4-20)25-18-27(22-7-10-24(36-2)11-8-22)34-31(26(25)19-32)39-16-13-30(35)33-23-9-12-28-29(17-23)38-15-14-37-28/h3-12,17-18H,13-16H2,1-2H3,(H,33,35). The van der Waals surface area contributed by atoms with Crippen molar-refractivity contribution in [1.82, 2.24) is 4.98 Å². The molecule has 8 heteroatoms. The number of fused-ring (bicyclic) bond motifs is 1. The van der Waals surface area contributed by atoms with E-state index in [-0.39, 0.29) is 12.3 Å². The molecule has 0 bridgehead atoms. The molecule has 1 aromatic heterocycles. The summed E-state index contributed by atoms with van der Waals surface area (Å²) in [7, 11) is 1.63.